The maximum absolute atomic E-state index is 5.40. The summed E-state index contributed by atoms with van der Waals surface area (Å²) in [5.41, 5.74) is 4.12. The van der Waals surface area contributed by atoms with Crippen molar-refractivity contribution in [3.63, 3.8) is 0 Å². The van der Waals surface area contributed by atoms with Crippen LogP contribution in [-0.4, -0.2) is 31.2 Å². The Morgan fingerprint density at radius 2 is 1.26 bits per heavy atom. The second-order valence-electron chi connectivity index (χ2n) is 8.85. The molecule has 0 spiro atoms. The number of benzene rings is 3. The second-order valence-corrected chi connectivity index (χ2v) is 8.85. The summed E-state index contributed by atoms with van der Waals surface area (Å²) in [6.07, 6.45) is 2.22. The van der Waals surface area contributed by atoms with E-state index in [4.69, 9.17) is 9.47 Å². The van der Waals surface area contributed by atoms with Gasteiger partial charge in [-0.25, -0.2) is 0 Å². The molecule has 3 heteroatoms. The van der Waals surface area contributed by atoms with Crippen LogP contribution in [0.2, 0.25) is 0 Å². The van der Waals surface area contributed by atoms with Gasteiger partial charge in [0.2, 0.25) is 0 Å². The first kappa shape index (κ1) is 21.5. The van der Waals surface area contributed by atoms with Crippen molar-refractivity contribution in [2.24, 2.45) is 0 Å². The highest BCUT2D eigenvalue weighted by Gasteiger charge is 2.49. The summed E-state index contributed by atoms with van der Waals surface area (Å²) in [5.74, 6) is 1.80. The number of rotatable bonds is 8. The van der Waals surface area contributed by atoms with Gasteiger partial charge in [-0.2, -0.15) is 0 Å². The van der Waals surface area contributed by atoms with Crippen molar-refractivity contribution < 1.29 is 9.47 Å². The fourth-order valence-corrected chi connectivity index (χ4v) is 4.96. The molecule has 3 aromatic carbocycles. The van der Waals surface area contributed by atoms with Crippen LogP contribution < -0.4 is 9.47 Å². The smallest absolute Gasteiger partial charge is 0.118 e. The predicted molar refractivity (Wildman–Crippen MR) is 127 cm³/mol. The van der Waals surface area contributed by atoms with Crippen LogP contribution in [-0.2, 0) is 12.0 Å². The summed E-state index contributed by atoms with van der Waals surface area (Å²) >= 11 is 0. The molecule has 0 aromatic heterocycles. The van der Waals surface area contributed by atoms with Gasteiger partial charge in [-0.1, -0.05) is 54.6 Å². The Balaban J connectivity index is 1.63. The summed E-state index contributed by atoms with van der Waals surface area (Å²) in [4.78, 5) is 2.65. The van der Waals surface area contributed by atoms with Crippen LogP contribution in [0.15, 0.2) is 78.9 Å². The Morgan fingerprint density at radius 1 is 0.774 bits per heavy atom. The summed E-state index contributed by atoms with van der Waals surface area (Å²) in [6, 6.07) is 29.1. The lowest BCUT2D eigenvalue weighted by atomic mass is 9.57. The average Bonchev–Trinajstić information content (AvgIpc) is 2.79. The molecule has 0 atom stereocenters. The van der Waals surface area contributed by atoms with Crippen LogP contribution in [0.5, 0.6) is 11.5 Å². The zero-order chi connectivity index (χ0) is 21.8. The van der Waals surface area contributed by atoms with E-state index in [0.717, 1.165) is 30.9 Å². The minimum atomic E-state index is 0.0209. The van der Waals surface area contributed by atoms with Gasteiger partial charge < -0.3 is 9.47 Å². The summed E-state index contributed by atoms with van der Waals surface area (Å²) in [7, 11) is 3.44. The van der Waals surface area contributed by atoms with E-state index in [0.29, 0.717) is 12.1 Å². The topological polar surface area (TPSA) is 21.7 Å². The van der Waals surface area contributed by atoms with E-state index in [1.54, 1.807) is 14.2 Å². The molecule has 4 rings (SSSR count). The molecule has 0 heterocycles. The van der Waals surface area contributed by atoms with Crippen molar-refractivity contribution >= 4 is 0 Å². The Morgan fingerprint density at radius 3 is 1.68 bits per heavy atom. The van der Waals surface area contributed by atoms with Gasteiger partial charge in [-0.05, 0) is 67.6 Å². The first-order valence-electron chi connectivity index (χ1n) is 11.1. The number of hydrogen-bond acceptors (Lipinski definition) is 3. The predicted octanol–water partition coefficient (Wildman–Crippen LogP) is 6.06. The van der Waals surface area contributed by atoms with E-state index >= 15 is 0 Å². The Hall–Kier alpha value is -2.78. The van der Waals surface area contributed by atoms with Crippen LogP contribution >= 0.6 is 0 Å². The first-order chi connectivity index (χ1) is 15.1. The van der Waals surface area contributed by atoms with E-state index in [1.165, 1.54) is 16.7 Å². The Labute approximate surface area is 186 Å². The highest BCUT2D eigenvalue weighted by atomic mass is 16.5. The van der Waals surface area contributed by atoms with Crippen molar-refractivity contribution in [1.29, 1.82) is 0 Å². The average molecular weight is 416 g/mol. The molecular weight excluding hydrogens is 382 g/mol. The van der Waals surface area contributed by atoms with E-state index in [-0.39, 0.29) is 5.41 Å². The lowest BCUT2D eigenvalue weighted by molar-refractivity contribution is 0.0418. The van der Waals surface area contributed by atoms with Crippen molar-refractivity contribution in [3.05, 3.63) is 95.6 Å². The van der Waals surface area contributed by atoms with Gasteiger partial charge in [0, 0.05) is 24.0 Å². The third kappa shape index (κ3) is 4.33. The zero-order valence-electron chi connectivity index (χ0n) is 19.0. The molecule has 3 nitrogen and oxygen atoms in total. The monoisotopic (exact) mass is 415 g/mol. The molecule has 0 saturated heterocycles. The third-order valence-corrected chi connectivity index (χ3v) is 6.79. The SMILES string of the molecule is COc1ccc(C2(c3ccc(OC)cc3)CC(N(Cc3ccccc3)C(C)C)C2)cc1. The fraction of sp³-hybridized carbons (Fsp3) is 0.357. The number of nitrogens with zero attached hydrogens (tertiary/aromatic N) is 1. The van der Waals surface area contributed by atoms with Crippen molar-refractivity contribution in [2.75, 3.05) is 14.2 Å². The Kier molecular flexibility index (Phi) is 6.33. The summed E-state index contributed by atoms with van der Waals surface area (Å²) in [5, 5.41) is 0. The van der Waals surface area contributed by atoms with Crippen LogP contribution in [0.3, 0.4) is 0 Å². The van der Waals surface area contributed by atoms with Gasteiger partial charge in [-0.15, -0.1) is 0 Å². The molecule has 31 heavy (non-hydrogen) atoms. The standard InChI is InChI=1S/C28H33NO2/c1-21(2)29(20-22-8-6-5-7-9-22)25-18-28(19-25,23-10-14-26(30-3)15-11-23)24-12-16-27(31-4)17-13-24/h5-17,21,25H,18-20H2,1-4H3. The van der Waals surface area contributed by atoms with E-state index in [2.05, 4.69) is 97.6 Å². The molecule has 3 aromatic rings. The number of methoxy groups -OCH3 is 2. The molecule has 0 amide bonds. The molecule has 162 valence electrons. The van der Waals surface area contributed by atoms with Gasteiger partial charge in [0.05, 0.1) is 14.2 Å². The maximum atomic E-state index is 5.40. The normalized spacial score (nSPS) is 15.7. The van der Waals surface area contributed by atoms with Gasteiger partial charge >= 0.3 is 0 Å². The van der Waals surface area contributed by atoms with E-state index in [1.807, 2.05) is 0 Å². The number of ether oxygens (including phenoxy) is 2. The zero-order valence-corrected chi connectivity index (χ0v) is 19.0. The molecule has 1 aliphatic carbocycles. The lowest BCUT2D eigenvalue weighted by Crippen LogP contribution is -2.55. The van der Waals surface area contributed by atoms with Crippen LogP contribution in [0.4, 0.5) is 0 Å². The highest BCUT2D eigenvalue weighted by molar-refractivity contribution is 5.46. The molecule has 1 aliphatic rings. The molecule has 1 fully saturated rings. The van der Waals surface area contributed by atoms with Gasteiger partial charge in [0.25, 0.3) is 0 Å². The van der Waals surface area contributed by atoms with Crippen molar-refractivity contribution in [2.45, 2.75) is 50.7 Å². The maximum Gasteiger partial charge on any atom is 0.118 e. The molecule has 0 N–H and O–H groups in total. The van der Waals surface area contributed by atoms with Crippen LogP contribution in [0.25, 0.3) is 0 Å². The van der Waals surface area contributed by atoms with Gasteiger partial charge in [0.15, 0.2) is 0 Å². The Bertz CT molecular complexity index is 909. The molecular formula is C28H33NO2. The quantitative estimate of drug-likeness (QED) is 0.446. The molecule has 0 radical (unpaired) electrons. The van der Waals surface area contributed by atoms with Crippen molar-refractivity contribution in [1.82, 2.24) is 4.90 Å². The van der Waals surface area contributed by atoms with Crippen LogP contribution in [0.1, 0.15) is 43.4 Å². The largest absolute Gasteiger partial charge is 0.497 e. The van der Waals surface area contributed by atoms with E-state index < -0.39 is 0 Å². The third-order valence-electron chi connectivity index (χ3n) is 6.79. The molecule has 0 unspecified atom stereocenters. The molecule has 0 bridgehead atoms. The summed E-state index contributed by atoms with van der Waals surface area (Å²) in [6.45, 7) is 5.61. The second kappa shape index (κ2) is 9.15. The first-order valence-corrected chi connectivity index (χ1v) is 11.1. The number of hydrogen-bond donors (Lipinski definition) is 0. The van der Waals surface area contributed by atoms with Gasteiger partial charge in [0.1, 0.15) is 11.5 Å². The summed E-state index contributed by atoms with van der Waals surface area (Å²) < 4.78 is 10.8. The van der Waals surface area contributed by atoms with Crippen molar-refractivity contribution in [3.8, 4) is 11.5 Å². The van der Waals surface area contributed by atoms with E-state index in [9.17, 15) is 0 Å². The van der Waals surface area contributed by atoms with Gasteiger partial charge in [-0.3, -0.25) is 4.90 Å². The fourth-order valence-electron chi connectivity index (χ4n) is 4.96. The van der Waals surface area contributed by atoms with Crippen LogP contribution in [0, 0.1) is 0 Å². The lowest BCUT2D eigenvalue weighted by Gasteiger charge is -2.54. The highest BCUT2D eigenvalue weighted by Crippen LogP contribution is 2.52. The molecule has 1 saturated carbocycles. The minimum Gasteiger partial charge on any atom is -0.497 e. The minimum absolute atomic E-state index is 0.0209. The molecule has 0 aliphatic heterocycles.